The van der Waals surface area contributed by atoms with Gasteiger partial charge in [0.05, 0.1) is 17.9 Å². The Labute approximate surface area is 154 Å². The van der Waals surface area contributed by atoms with E-state index in [9.17, 15) is 4.79 Å². The lowest BCUT2D eigenvalue weighted by Gasteiger charge is -2.26. The number of carbonyl (C=O) groups excluding carboxylic acids is 1. The van der Waals surface area contributed by atoms with Crippen molar-refractivity contribution in [1.29, 1.82) is 0 Å². The molecule has 1 aromatic carbocycles. The number of aromatic nitrogens is 2. The second-order valence-corrected chi connectivity index (χ2v) is 6.86. The minimum atomic E-state index is -0.225. The molecule has 1 N–H and O–H groups in total. The Hall–Kier alpha value is -2.93. The summed E-state index contributed by atoms with van der Waals surface area (Å²) in [5, 5.41) is 3.65. The molecule has 2 aromatic heterocycles. The van der Waals surface area contributed by atoms with E-state index in [1.54, 1.807) is 6.20 Å². The average Bonchev–Trinajstić information content (AvgIpc) is 3.08. The number of hydrogen-bond donors (Lipinski definition) is 1. The number of rotatable bonds is 4. The number of benzene rings is 1. The van der Waals surface area contributed by atoms with Crippen LogP contribution in [0.3, 0.4) is 0 Å². The maximum atomic E-state index is 12.5. The van der Waals surface area contributed by atoms with Crippen LogP contribution in [0.5, 0.6) is 11.5 Å². The van der Waals surface area contributed by atoms with Crippen molar-refractivity contribution in [1.82, 2.24) is 15.3 Å². The third-order valence-electron chi connectivity index (χ3n) is 3.94. The Morgan fingerprint density at radius 1 is 1.23 bits per heavy atom. The summed E-state index contributed by atoms with van der Waals surface area (Å²) in [5.74, 6) is 1.27. The number of para-hydroxylation sites is 2. The molecule has 0 bridgehead atoms. The third kappa shape index (κ3) is 3.39. The predicted molar refractivity (Wildman–Crippen MR) is 98.8 cm³/mol. The van der Waals surface area contributed by atoms with E-state index in [1.165, 1.54) is 11.3 Å². The van der Waals surface area contributed by atoms with E-state index in [0.717, 1.165) is 16.5 Å². The number of carbonyl (C=O) groups is 1. The lowest BCUT2D eigenvalue weighted by Crippen LogP contribution is -2.40. The van der Waals surface area contributed by atoms with Crippen LogP contribution in [-0.2, 0) is 0 Å². The van der Waals surface area contributed by atoms with Crippen LogP contribution >= 0.6 is 11.3 Å². The van der Waals surface area contributed by atoms with Gasteiger partial charge >= 0.3 is 0 Å². The van der Waals surface area contributed by atoms with Crippen molar-refractivity contribution in [2.45, 2.75) is 13.0 Å². The molecule has 0 aliphatic carbocycles. The van der Waals surface area contributed by atoms with Crippen LogP contribution < -0.4 is 14.8 Å². The summed E-state index contributed by atoms with van der Waals surface area (Å²) >= 11 is 1.34. The van der Waals surface area contributed by atoms with E-state index in [0.29, 0.717) is 29.5 Å². The molecule has 26 heavy (non-hydrogen) atoms. The second kappa shape index (κ2) is 7.13. The summed E-state index contributed by atoms with van der Waals surface area (Å²) in [6.07, 6.45) is 1.49. The number of hydrogen-bond acceptors (Lipinski definition) is 6. The highest BCUT2D eigenvalue weighted by molar-refractivity contribution is 7.17. The van der Waals surface area contributed by atoms with E-state index < -0.39 is 0 Å². The molecule has 1 aliphatic heterocycles. The van der Waals surface area contributed by atoms with Crippen LogP contribution in [0.2, 0.25) is 0 Å². The molecule has 3 heterocycles. The molecule has 3 aromatic rings. The number of thiazole rings is 1. The van der Waals surface area contributed by atoms with Gasteiger partial charge in [-0.2, -0.15) is 0 Å². The monoisotopic (exact) mass is 367 g/mol. The molecule has 0 spiro atoms. The number of fused-ring (bicyclic) bond motifs is 1. The minimum Gasteiger partial charge on any atom is -0.486 e. The van der Waals surface area contributed by atoms with Gasteiger partial charge in [-0.3, -0.25) is 9.78 Å². The number of aryl methyl sites for hydroxylation is 1. The first-order valence-corrected chi connectivity index (χ1v) is 9.08. The molecule has 132 valence electrons. The first kappa shape index (κ1) is 16.5. The van der Waals surface area contributed by atoms with Crippen LogP contribution in [0.25, 0.3) is 10.7 Å². The highest BCUT2D eigenvalue weighted by Crippen LogP contribution is 2.31. The highest BCUT2D eigenvalue weighted by atomic mass is 32.1. The molecule has 4 rings (SSSR count). The maximum Gasteiger partial charge on any atom is 0.263 e. The lowest BCUT2D eigenvalue weighted by atomic mass is 10.2. The van der Waals surface area contributed by atoms with Gasteiger partial charge in [-0.25, -0.2) is 4.98 Å². The molecule has 0 unspecified atom stereocenters. The standard InChI is InChI=1S/C19H17N3O3S/c1-12-17(26-19(22-12)14-6-4-5-9-20-14)18(23)21-10-13-11-24-15-7-2-3-8-16(15)25-13/h2-9,13H,10-11H2,1H3,(H,21,23)/t13-/m0/s1. The maximum absolute atomic E-state index is 12.5. The van der Waals surface area contributed by atoms with Gasteiger partial charge in [0.25, 0.3) is 5.91 Å². The van der Waals surface area contributed by atoms with E-state index in [4.69, 9.17) is 9.47 Å². The van der Waals surface area contributed by atoms with E-state index in [-0.39, 0.29) is 12.0 Å². The van der Waals surface area contributed by atoms with Crippen LogP contribution in [0, 0.1) is 6.92 Å². The molecule has 7 heteroatoms. The van der Waals surface area contributed by atoms with Crippen LogP contribution in [-0.4, -0.2) is 35.1 Å². The van der Waals surface area contributed by atoms with Crippen molar-refractivity contribution in [2.75, 3.05) is 13.2 Å². The van der Waals surface area contributed by atoms with Crippen molar-refractivity contribution < 1.29 is 14.3 Å². The molecule has 0 radical (unpaired) electrons. The summed E-state index contributed by atoms with van der Waals surface area (Å²) in [6, 6.07) is 13.1. The Bertz CT molecular complexity index is 927. The van der Waals surface area contributed by atoms with Crippen molar-refractivity contribution in [3.63, 3.8) is 0 Å². The van der Waals surface area contributed by atoms with Gasteiger partial charge in [-0.1, -0.05) is 18.2 Å². The number of amides is 1. The third-order valence-corrected chi connectivity index (χ3v) is 5.12. The first-order valence-electron chi connectivity index (χ1n) is 8.26. The molecular formula is C19H17N3O3S. The zero-order valence-electron chi connectivity index (χ0n) is 14.1. The van der Waals surface area contributed by atoms with E-state index in [1.807, 2.05) is 49.4 Å². The molecular weight excluding hydrogens is 350 g/mol. The number of nitrogens with zero attached hydrogens (tertiary/aromatic N) is 2. The topological polar surface area (TPSA) is 73.3 Å². The number of nitrogens with one attached hydrogen (secondary N) is 1. The molecule has 0 saturated heterocycles. The summed E-state index contributed by atoms with van der Waals surface area (Å²) in [4.78, 5) is 21.9. The fraction of sp³-hybridized carbons (Fsp3) is 0.211. The van der Waals surface area contributed by atoms with Crippen LogP contribution in [0.15, 0.2) is 48.7 Å². The highest BCUT2D eigenvalue weighted by Gasteiger charge is 2.23. The van der Waals surface area contributed by atoms with Gasteiger partial charge in [-0.05, 0) is 31.2 Å². The quantitative estimate of drug-likeness (QED) is 0.767. The predicted octanol–water partition coefficient (Wildman–Crippen LogP) is 3.08. The number of ether oxygens (including phenoxy) is 2. The molecule has 0 saturated carbocycles. The number of pyridine rings is 1. The van der Waals surface area contributed by atoms with Crippen molar-refractivity contribution in [3.05, 3.63) is 59.2 Å². The fourth-order valence-corrected chi connectivity index (χ4v) is 3.62. The van der Waals surface area contributed by atoms with Gasteiger partial charge in [0.1, 0.15) is 22.6 Å². The average molecular weight is 367 g/mol. The molecule has 1 aliphatic rings. The van der Waals surface area contributed by atoms with Gasteiger partial charge in [-0.15, -0.1) is 11.3 Å². The Balaban J connectivity index is 1.41. The van der Waals surface area contributed by atoms with Crippen LogP contribution in [0.1, 0.15) is 15.4 Å². The molecule has 1 atom stereocenters. The van der Waals surface area contributed by atoms with Crippen molar-refractivity contribution in [3.8, 4) is 22.2 Å². The van der Waals surface area contributed by atoms with Gasteiger partial charge < -0.3 is 14.8 Å². The Morgan fingerprint density at radius 2 is 2.04 bits per heavy atom. The summed E-state index contributed by atoms with van der Waals surface area (Å²) in [7, 11) is 0. The SMILES string of the molecule is Cc1nc(-c2ccccn2)sc1C(=O)NC[C@H]1COc2ccccc2O1. The fourth-order valence-electron chi connectivity index (χ4n) is 2.66. The van der Waals surface area contributed by atoms with Gasteiger partial charge in [0.15, 0.2) is 11.5 Å². The summed E-state index contributed by atoms with van der Waals surface area (Å²) in [5.41, 5.74) is 1.46. The zero-order chi connectivity index (χ0) is 17.9. The van der Waals surface area contributed by atoms with E-state index >= 15 is 0 Å². The van der Waals surface area contributed by atoms with Gasteiger partial charge in [0.2, 0.25) is 0 Å². The first-order chi connectivity index (χ1) is 12.7. The minimum absolute atomic E-state index is 0.162. The largest absolute Gasteiger partial charge is 0.486 e. The Kier molecular flexibility index (Phi) is 4.53. The van der Waals surface area contributed by atoms with Crippen molar-refractivity contribution >= 4 is 17.2 Å². The summed E-state index contributed by atoms with van der Waals surface area (Å²) < 4.78 is 11.5. The Morgan fingerprint density at radius 3 is 2.85 bits per heavy atom. The molecule has 1 amide bonds. The van der Waals surface area contributed by atoms with Crippen molar-refractivity contribution in [2.24, 2.45) is 0 Å². The zero-order valence-corrected chi connectivity index (χ0v) is 15.0. The molecule has 0 fully saturated rings. The second-order valence-electron chi connectivity index (χ2n) is 5.86. The smallest absolute Gasteiger partial charge is 0.263 e. The van der Waals surface area contributed by atoms with E-state index in [2.05, 4.69) is 15.3 Å². The summed E-state index contributed by atoms with van der Waals surface area (Å²) in [6.45, 7) is 2.59. The van der Waals surface area contributed by atoms with Gasteiger partial charge in [0, 0.05) is 6.20 Å². The lowest BCUT2D eigenvalue weighted by molar-refractivity contribution is 0.0791. The normalized spacial score (nSPS) is 15.5. The molecule has 6 nitrogen and oxygen atoms in total. The van der Waals surface area contributed by atoms with Crippen LogP contribution in [0.4, 0.5) is 0 Å².